The lowest BCUT2D eigenvalue weighted by Crippen LogP contribution is -2.03. The van der Waals surface area contributed by atoms with Crippen molar-refractivity contribution in [2.24, 2.45) is 5.16 Å². The Morgan fingerprint density at radius 2 is 1.61 bits per heavy atom. The summed E-state index contributed by atoms with van der Waals surface area (Å²) in [5, 5.41) is 4.60. The van der Waals surface area contributed by atoms with Gasteiger partial charge in [0.1, 0.15) is 23.5 Å². The van der Waals surface area contributed by atoms with Crippen molar-refractivity contribution in [2.45, 2.75) is 19.4 Å². The number of nitrogens with zero attached hydrogens (tertiary/aromatic N) is 1. The number of unbranched alkanes of at least 4 members (excludes halogenated alkanes) is 1. The summed E-state index contributed by atoms with van der Waals surface area (Å²) in [7, 11) is 0. The average Bonchev–Trinajstić information content (AvgIpc) is 2.74. The third-order valence-electron chi connectivity index (χ3n) is 3.80. The van der Waals surface area contributed by atoms with Crippen LogP contribution in [0.15, 0.2) is 58.2 Å². The molecule has 168 valence electrons. The molecule has 5 nitrogen and oxygen atoms in total. The third-order valence-corrected chi connectivity index (χ3v) is 4.67. The molecule has 2 rings (SSSR count). The van der Waals surface area contributed by atoms with Gasteiger partial charge in [-0.05, 0) is 24.5 Å². The second-order valence-corrected chi connectivity index (χ2v) is 8.02. The molecule has 0 saturated carbocycles. The predicted octanol–water partition coefficient (Wildman–Crippen LogP) is 7.07. The molecule has 2 aromatic rings. The molecule has 0 spiro atoms. The van der Waals surface area contributed by atoms with Crippen LogP contribution in [0.3, 0.4) is 0 Å². The summed E-state index contributed by atoms with van der Waals surface area (Å²) in [6, 6.07) is 13.1. The first-order valence-corrected chi connectivity index (χ1v) is 11.1. The summed E-state index contributed by atoms with van der Waals surface area (Å²) in [5.74, 6) is 0.918. The van der Waals surface area contributed by atoms with Crippen LogP contribution in [0.4, 0.5) is 0 Å². The fourth-order valence-electron chi connectivity index (χ4n) is 2.34. The van der Waals surface area contributed by atoms with Gasteiger partial charge in [0.2, 0.25) is 0 Å². The van der Waals surface area contributed by atoms with E-state index in [0.29, 0.717) is 48.0 Å². The smallest absolute Gasteiger partial charge is 0.156 e. The average molecular weight is 507 g/mol. The summed E-state index contributed by atoms with van der Waals surface area (Å²) in [4.78, 5) is 5.20. The van der Waals surface area contributed by atoms with Gasteiger partial charge in [-0.1, -0.05) is 81.9 Å². The lowest BCUT2D eigenvalue weighted by molar-refractivity contribution is 0.124. The summed E-state index contributed by atoms with van der Waals surface area (Å²) in [6.45, 7) is 2.07. The van der Waals surface area contributed by atoms with Crippen LogP contribution in [-0.2, 0) is 16.2 Å². The molecule has 0 fully saturated rings. The van der Waals surface area contributed by atoms with Gasteiger partial charge in [0.05, 0.1) is 29.5 Å². The third kappa shape index (κ3) is 11.0. The molecule has 0 atom stereocenters. The number of hydrogen-bond donors (Lipinski definition) is 0. The van der Waals surface area contributed by atoms with Gasteiger partial charge in [-0.25, -0.2) is 0 Å². The van der Waals surface area contributed by atoms with Gasteiger partial charge < -0.3 is 19.0 Å². The number of ether oxygens (including phenoxy) is 3. The topological polar surface area (TPSA) is 49.3 Å². The van der Waals surface area contributed by atoms with Crippen LogP contribution in [0.2, 0.25) is 10.0 Å². The van der Waals surface area contributed by atoms with E-state index in [1.807, 2.05) is 30.3 Å². The van der Waals surface area contributed by atoms with Crippen molar-refractivity contribution in [1.82, 2.24) is 0 Å². The summed E-state index contributed by atoms with van der Waals surface area (Å²) in [6.07, 6.45) is 4.72. The molecule has 0 aliphatic heterocycles. The van der Waals surface area contributed by atoms with Crippen LogP contribution in [-0.4, -0.2) is 32.6 Å². The highest BCUT2D eigenvalue weighted by Gasteiger charge is 2.10. The van der Waals surface area contributed by atoms with Crippen LogP contribution in [0, 0.1) is 0 Å². The summed E-state index contributed by atoms with van der Waals surface area (Å²) in [5.41, 5.74) is 1.07. The van der Waals surface area contributed by atoms with Crippen molar-refractivity contribution in [2.75, 3.05) is 26.4 Å². The number of oxime groups is 1. The molecule has 0 heterocycles. The number of hydrogen-bond acceptors (Lipinski definition) is 5. The van der Waals surface area contributed by atoms with Gasteiger partial charge in [-0.3, -0.25) is 0 Å². The minimum absolute atomic E-state index is 0.129. The van der Waals surface area contributed by atoms with E-state index in [-0.39, 0.29) is 11.1 Å². The van der Waals surface area contributed by atoms with Crippen molar-refractivity contribution >= 4 is 52.6 Å². The van der Waals surface area contributed by atoms with Crippen molar-refractivity contribution in [1.29, 1.82) is 0 Å². The normalized spacial score (nSPS) is 10.8. The molecule has 9 heteroatoms. The number of rotatable bonds is 14. The lowest BCUT2D eigenvalue weighted by Gasteiger charge is -2.12. The van der Waals surface area contributed by atoms with E-state index in [0.717, 1.165) is 18.4 Å². The molecular formula is C22H23Cl4NO4. The zero-order valence-corrected chi connectivity index (χ0v) is 19.8. The summed E-state index contributed by atoms with van der Waals surface area (Å²) < 4.78 is 16.8. The van der Waals surface area contributed by atoms with E-state index in [1.165, 1.54) is 6.08 Å². The molecule has 0 bridgehead atoms. The summed E-state index contributed by atoms with van der Waals surface area (Å²) >= 11 is 23.5. The van der Waals surface area contributed by atoms with E-state index >= 15 is 0 Å². The highest BCUT2D eigenvalue weighted by atomic mass is 35.5. The lowest BCUT2D eigenvalue weighted by atomic mass is 10.2. The van der Waals surface area contributed by atoms with Gasteiger partial charge in [0.15, 0.2) is 5.75 Å². The number of benzene rings is 2. The van der Waals surface area contributed by atoms with E-state index in [2.05, 4.69) is 5.16 Å². The van der Waals surface area contributed by atoms with Gasteiger partial charge in [-0.2, -0.15) is 0 Å². The first-order chi connectivity index (χ1) is 15.1. The molecular weight excluding hydrogens is 484 g/mol. The molecule has 0 aliphatic carbocycles. The fraction of sp³-hybridized carbons (Fsp3) is 0.318. The maximum absolute atomic E-state index is 6.23. The fourth-order valence-corrected chi connectivity index (χ4v) is 3.05. The molecule has 0 aliphatic rings. The molecule has 0 unspecified atom stereocenters. The van der Waals surface area contributed by atoms with Gasteiger partial charge in [0.25, 0.3) is 0 Å². The first kappa shape index (κ1) is 25.6. The van der Waals surface area contributed by atoms with Crippen LogP contribution in [0.1, 0.15) is 18.4 Å². The Morgan fingerprint density at radius 3 is 2.32 bits per heavy atom. The molecule has 0 N–H and O–H groups in total. The molecule has 0 saturated heterocycles. The Kier molecular flexibility index (Phi) is 12.6. The van der Waals surface area contributed by atoms with Crippen molar-refractivity contribution in [3.8, 4) is 11.5 Å². The van der Waals surface area contributed by atoms with E-state index < -0.39 is 0 Å². The van der Waals surface area contributed by atoms with Crippen LogP contribution >= 0.6 is 46.4 Å². The zero-order chi connectivity index (χ0) is 22.3. The second kappa shape index (κ2) is 15.2. The molecule has 0 aromatic heterocycles. The Bertz CT molecular complexity index is 820. The SMILES string of the molecule is ClC(Cl)=CCOc1cc(Cl)c(OCCCCOCC=NOCc2ccccc2)c(Cl)c1. The molecule has 0 amide bonds. The largest absolute Gasteiger partial charge is 0.490 e. The van der Waals surface area contributed by atoms with Crippen molar-refractivity contribution in [3.05, 3.63) is 68.6 Å². The van der Waals surface area contributed by atoms with E-state index in [4.69, 9.17) is 65.5 Å². The van der Waals surface area contributed by atoms with Gasteiger partial charge in [0, 0.05) is 18.7 Å². The first-order valence-electron chi connectivity index (χ1n) is 9.57. The monoisotopic (exact) mass is 505 g/mol. The van der Waals surface area contributed by atoms with Crippen LogP contribution in [0.25, 0.3) is 0 Å². The van der Waals surface area contributed by atoms with Crippen LogP contribution < -0.4 is 9.47 Å². The Hall–Kier alpha value is -1.63. The zero-order valence-electron chi connectivity index (χ0n) is 16.7. The maximum atomic E-state index is 6.23. The van der Waals surface area contributed by atoms with E-state index in [1.54, 1.807) is 18.3 Å². The van der Waals surface area contributed by atoms with Crippen molar-refractivity contribution < 1.29 is 19.0 Å². The molecule has 0 radical (unpaired) electrons. The van der Waals surface area contributed by atoms with Crippen molar-refractivity contribution in [3.63, 3.8) is 0 Å². The highest BCUT2D eigenvalue weighted by Crippen LogP contribution is 2.37. The predicted molar refractivity (Wildman–Crippen MR) is 127 cm³/mol. The number of halogens is 4. The van der Waals surface area contributed by atoms with Gasteiger partial charge >= 0.3 is 0 Å². The van der Waals surface area contributed by atoms with Crippen LogP contribution in [0.5, 0.6) is 11.5 Å². The molecule has 31 heavy (non-hydrogen) atoms. The standard InChI is InChI=1S/C22H23Cl4NO4/c23-19-14-18(29-12-8-21(25)26)15-20(24)22(19)30-11-5-4-10-28-13-9-27-31-16-17-6-2-1-3-7-17/h1-3,6-9,14-15H,4-5,10-13,16H2. The minimum atomic E-state index is 0.129. The Morgan fingerprint density at radius 1 is 0.903 bits per heavy atom. The van der Waals surface area contributed by atoms with E-state index in [9.17, 15) is 0 Å². The quantitative estimate of drug-likeness (QED) is 0.156. The Balaban J connectivity index is 1.56. The Labute approximate surface area is 202 Å². The second-order valence-electron chi connectivity index (χ2n) is 6.20. The molecule has 2 aromatic carbocycles. The maximum Gasteiger partial charge on any atom is 0.156 e. The minimum Gasteiger partial charge on any atom is -0.490 e. The highest BCUT2D eigenvalue weighted by molar-refractivity contribution is 6.55. The van der Waals surface area contributed by atoms with Gasteiger partial charge in [-0.15, -0.1) is 0 Å².